The van der Waals surface area contributed by atoms with E-state index in [1.165, 1.54) is 0 Å². The van der Waals surface area contributed by atoms with E-state index in [4.69, 9.17) is 16.3 Å². The number of ether oxygens (including phenoxy) is 1. The molecule has 1 aliphatic carbocycles. The van der Waals surface area contributed by atoms with Crippen LogP contribution in [0.2, 0.25) is 5.02 Å². The third-order valence-electron chi connectivity index (χ3n) is 3.81. The molecule has 2 N–H and O–H groups in total. The molecule has 0 atom stereocenters. The Hall–Kier alpha value is -2.53. The zero-order chi connectivity index (χ0) is 17.6. The maximum atomic E-state index is 11.9. The van der Waals surface area contributed by atoms with Crippen molar-refractivity contribution in [2.45, 2.75) is 25.4 Å². The van der Waals surface area contributed by atoms with Crippen molar-refractivity contribution in [2.75, 3.05) is 6.61 Å². The normalized spacial score (nSPS) is 13.2. The number of nitrogens with one attached hydrogen (secondary N) is 2. The van der Waals surface area contributed by atoms with E-state index < -0.39 is 0 Å². The summed E-state index contributed by atoms with van der Waals surface area (Å²) in [6, 6.07) is 14.5. The van der Waals surface area contributed by atoms with Gasteiger partial charge in [0.05, 0.1) is 5.02 Å². The Kier molecular flexibility index (Phi) is 5.56. The summed E-state index contributed by atoms with van der Waals surface area (Å²) >= 11 is 5.97. The monoisotopic (exact) mass is 358 g/mol. The second-order valence-electron chi connectivity index (χ2n) is 5.94. The fourth-order valence-corrected chi connectivity index (χ4v) is 2.42. The van der Waals surface area contributed by atoms with Crippen LogP contribution in [0.3, 0.4) is 0 Å². The van der Waals surface area contributed by atoms with Gasteiger partial charge >= 0.3 is 0 Å². The molecule has 0 bridgehead atoms. The molecular weight excluding hydrogens is 340 g/mol. The molecule has 0 unspecified atom stereocenters. The summed E-state index contributed by atoms with van der Waals surface area (Å²) in [4.78, 5) is 23.8. The smallest absolute Gasteiger partial charge is 0.258 e. The first-order chi connectivity index (χ1) is 12.1. The summed E-state index contributed by atoms with van der Waals surface area (Å²) in [6.45, 7) is 0.265. The van der Waals surface area contributed by atoms with Crippen molar-refractivity contribution in [3.8, 4) is 5.75 Å². The second kappa shape index (κ2) is 8.03. The molecule has 1 aliphatic rings. The largest absolute Gasteiger partial charge is 0.482 e. The summed E-state index contributed by atoms with van der Waals surface area (Å²) < 4.78 is 5.38. The van der Waals surface area contributed by atoms with Crippen LogP contribution in [-0.4, -0.2) is 24.5 Å². The van der Waals surface area contributed by atoms with Gasteiger partial charge in [-0.1, -0.05) is 35.9 Å². The van der Waals surface area contributed by atoms with E-state index in [9.17, 15) is 9.59 Å². The van der Waals surface area contributed by atoms with Crippen LogP contribution in [0.1, 0.15) is 28.8 Å². The van der Waals surface area contributed by atoms with Crippen molar-refractivity contribution in [1.82, 2.24) is 10.6 Å². The first kappa shape index (κ1) is 17.3. The Morgan fingerprint density at radius 2 is 1.80 bits per heavy atom. The molecule has 1 saturated carbocycles. The molecule has 0 saturated heterocycles. The van der Waals surface area contributed by atoms with Gasteiger partial charge in [-0.15, -0.1) is 0 Å². The number of hydrogen-bond donors (Lipinski definition) is 2. The van der Waals surface area contributed by atoms with Gasteiger partial charge in [-0.2, -0.15) is 0 Å². The van der Waals surface area contributed by atoms with E-state index >= 15 is 0 Å². The van der Waals surface area contributed by atoms with E-state index in [0.29, 0.717) is 28.9 Å². The molecule has 5 nitrogen and oxygen atoms in total. The summed E-state index contributed by atoms with van der Waals surface area (Å²) in [7, 11) is 0. The third kappa shape index (κ3) is 5.22. The molecule has 130 valence electrons. The highest BCUT2D eigenvalue weighted by Gasteiger charge is 2.23. The van der Waals surface area contributed by atoms with E-state index in [1.54, 1.807) is 36.4 Å². The molecule has 2 aromatic rings. The molecular formula is C19H19ClN2O3. The van der Waals surface area contributed by atoms with Gasteiger partial charge in [0.25, 0.3) is 11.8 Å². The predicted molar refractivity (Wildman–Crippen MR) is 95.7 cm³/mol. The highest BCUT2D eigenvalue weighted by molar-refractivity contribution is 6.32. The summed E-state index contributed by atoms with van der Waals surface area (Å²) in [6.07, 6.45) is 2.12. The van der Waals surface area contributed by atoms with E-state index in [0.717, 1.165) is 18.4 Å². The number of amides is 2. The lowest BCUT2D eigenvalue weighted by atomic mass is 10.1. The molecule has 6 heteroatoms. The lowest BCUT2D eigenvalue weighted by Gasteiger charge is -2.09. The molecule has 2 amide bonds. The van der Waals surface area contributed by atoms with Crippen LogP contribution in [0.5, 0.6) is 5.75 Å². The Morgan fingerprint density at radius 1 is 1.08 bits per heavy atom. The molecule has 25 heavy (non-hydrogen) atoms. The van der Waals surface area contributed by atoms with Crippen molar-refractivity contribution in [2.24, 2.45) is 0 Å². The van der Waals surface area contributed by atoms with Gasteiger partial charge in [0.2, 0.25) is 0 Å². The second-order valence-corrected chi connectivity index (χ2v) is 6.35. The molecule has 0 spiro atoms. The Bertz CT molecular complexity index is 758. The first-order valence-corrected chi connectivity index (χ1v) is 8.53. The van der Waals surface area contributed by atoms with Crippen molar-refractivity contribution < 1.29 is 14.3 Å². The van der Waals surface area contributed by atoms with Crippen LogP contribution in [0.4, 0.5) is 0 Å². The van der Waals surface area contributed by atoms with Crippen LogP contribution in [0.15, 0.2) is 48.5 Å². The highest BCUT2D eigenvalue weighted by Crippen LogP contribution is 2.22. The zero-order valence-electron chi connectivity index (χ0n) is 13.6. The number of carbonyl (C=O) groups is 2. The van der Waals surface area contributed by atoms with Crippen molar-refractivity contribution in [3.05, 3.63) is 64.7 Å². The van der Waals surface area contributed by atoms with Crippen molar-refractivity contribution in [1.29, 1.82) is 0 Å². The molecule has 0 aromatic heterocycles. The lowest BCUT2D eigenvalue weighted by molar-refractivity contribution is -0.123. The number of carbonyl (C=O) groups excluding carboxylic acids is 2. The molecule has 1 fully saturated rings. The van der Waals surface area contributed by atoms with Crippen LogP contribution in [-0.2, 0) is 11.3 Å². The quantitative estimate of drug-likeness (QED) is 0.799. The van der Waals surface area contributed by atoms with E-state index in [1.807, 2.05) is 12.1 Å². The maximum Gasteiger partial charge on any atom is 0.258 e. The minimum absolute atomic E-state index is 0.0498. The Labute approximate surface area is 151 Å². The number of para-hydroxylation sites is 1. The molecule has 0 heterocycles. The summed E-state index contributed by atoms with van der Waals surface area (Å²) in [5.74, 6) is 0.187. The number of halogens is 1. The van der Waals surface area contributed by atoms with Gasteiger partial charge in [-0.3, -0.25) is 9.59 Å². The zero-order valence-corrected chi connectivity index (χ0v) is 14.4. The standard InChI is InChI=1S/C19H19ClN2O3/c20-16-3-1-2-4-17(16)25-12-18(23)21-11-13-5-7-14(8-6-13)19(24)22-15-9-10-15/h1-8,15H,9-12H2,(H,21,23)(H,22,24). The van der Waals surface area contributed by atoms with Gasteiger partial charge in [0.1, 0.15) is 5.75 Å². The fraction of sp³-hybridized carbons (Fsp3) is 0.263. The first-order valence-electron chi connectivity index (χ1n) is 8.15. The Balaban J connectivity index is 1.43. The number of hydrogen-bond acceptors (Lipinski definition) is 3. The minimum Gasteiger partial charge on any atom is -0.482 e. The topological polar surface area (TPSA) is 67.4 Å². The molecule has 0 aliphatic heterocycles. The van der Waals surface area contributed by atoms with Crippen molar-refractivity contribution in [3.63, 3.8) is 0 Å². The van der Waals surface area contributed by atoms with Gasteiger partial charge in [0.15, 0.2) is 6.61 Å². The summed E-state index contributed by atoms with van der Waals surface area (Å²) in [5, 5.41) is 6.18. The van der Waals surface area contributed by atoms with Gasteiger partial charge < -0.3 is 15.4 Å². The van der Waals surface area contributed by atoms with Crippen LogP contribution < -0.4 is 15.4 Å². The van der Waals surface area contributed by atoms with Crippen molar-refractivity contribution >= 4 is 23.4 Å². The maximum absolute atomic E-state index is 11.9. The summed E-state index contributed by atoms with van der Waals surface area (Å²) in [5.41, 5.74) is 1.54. The average Bonchev–Trinajstić information content (AvgIpc) is 3.43. The average molecular weight is 359 g/mol. The molecule has 3 rings (SSSR count). The predicted octanol–water partition coefficient (Wildman–Crippen LogP) is 2.93. The lowest BCUT2D eigenvalue weighted by Crippen LogP contribution is -2.28. The number of benzene rings is 2. The number of rotatable bonds is 7. The van der Waals surface area contributed by atoms with Crippen LogP contribution >= 0.6 is 11.6 Å². The minimum atomic E-state index is -0.240. The third-order valence-corrected chi connectivity index (χ3v) is 4.13. The van der Waals surface area contributed by atoms with Gasteiger partial charge in [0, 0.05) is 18.2 Å². The SMILES string of the molecule is O=C(COc1ccccc1Cl)NCc1ccc(C(=O)NC2CC2)cc1. The van der Waals surface area contributed by atoms with Crippen LogP contribution in [0, 0.1) is 0 Å². The fourth-order valence-electron chi connectivity index (χ4n) is 2.23. The molecule has 2 aromatic carbocycles. The van der Waals surface area contributed by atoms with Crippen LogP contribution in [0.25, 0.3) is 0 Å². The molecule has 0 radical (unpaired) electrons. The Morgan fingerprint density at radius 3 is 2.48 bits per heavy atom. The highest BCUT2D eigenvalue weighted by atomic mass is 35.5. The van der Waals surface area contributed by atoms with E-state index in [-0.39, 0.29) is 18.4 Å². The van der Waals surface area contributed by atoms with Gasteiger partial charge in [-0.25, -0.2) is 0 Å². The van der Waals surface area contributed by atoms with Gasteiger partial charge in [-0.05, 0) is 42.7 Å². The van der Waals surface area contributed by atoms with E-state index in [2.05, 4.69) is 10.6 Å².